The normalized spacial score (nSPS) is 38.3. The molecule has 0 spiro atoms. The van der Waals surface area contributed by atoms with Crippen molar-refractivity contribution in [1.29, 1.82) is 0 Å². The van der Waals surface area contributed by atoms with Crippen molar-refractivity contribution in [1.82, 2.24) is 5.16 Å². The molecule has 20 heavy (non-hydrogen) atoms. The molecule has 5 rings (SSSR count). The molecule has 1 heterocycles. The largest absolute Gasteiger partial charge is 0.481 e. The van der Waals surface area contributed by atoms with E-state index in [1.165, 1.54) is 38.5 Å². The number of hydrogen-bond donors (Lipinski definition) is 1. The summed E-state index contributed by atoms with van der Waals surface area (Å²) in [6, 6.07) is 2.04. The van der Waals surface area contributed by atoms with Crippen molar-refractivity contribution in [2.45, 2.75) is 56.8 Å². The zero-order chi connectivity index (χ0) is 13.7. The van der Waals surface area contributed by atoms with Crippen molar-refractivity contribution in [2.24, 2.45) is 17.8 Å². The molecule has 4 saturated carbocycles. The van der Waals surface area contributed by atoms with Gasteiger partial charge in [0, 0.05) is 17.9 Å². The molecule has 0 unspecified atom stereocenters. The number of carboxylic acid groups (broad SMARTS) is 1. The van der Waals surface area contributed by atoms with Crippen LogP contribution in [0, 0.1) is 17.8 Å². The summed E-state index contributed by atoms with van der Waals surface area (Å²) in [5, 5.41) is 12.9. The molecule has 1 aromatic heterocycles. The molecule has 4 aliphatic rings. The van der Waals surface area contributed by atoms with Gasteiger partial charge in [0.05, 0.1) is 12.1 Å². The molecule has 0 atom stereocenters. The number of hydrogen-bond acceptors (Lipinski definition) is 3. The third kappa shape index (κ3) is 1.97. The van der Waals surface area contributed by atoms with Crippen molar-refractivity contribution in [3.8, 4) is 0 Å². The van der Waals surface area contributed by atoms with Crippen LogP contribution in [0.2, 0.25) is 0 Å². The molecule has 0 amide bonds. The molecule has 108 valence electrons. The van der Waals surface area contributed by atoms with Crippen LogP contribution in [0.5, 0.6) is 0 Å². The first kappa shape index (κ1) is 12.4. The second-order valence-corrected chi connectivity index (χ2v) is 7.27. The second-order valence-electron chi connectivity index (χ2n) is 7.27. The first-order valence-corrected chi connectivity index (χ1v) is 7.81. The van der Waals surface area contributed by atoms with Gasteiger partial charge in [-0.2, -0.15) is 0 Å². The van der Waals surface area contributed by atoms with Crippen LogP contribution in [-0.4, -0.2) is 16.2 Å². The highest BCUT2D eigenvalue weighted by Gasteiger charge is 2.53. The van der Waals surface area contributed by atoms with Crippen LogP contribution in [0.1, 0.15) is 56.4 Å². The Balaban J connectivity index is 1.56. The van der Waals surface area contributed by atoms with Gasteiger partial charge in [0.2, 0.25) is 0 Å². The Labute approximate surface area is 118 Å². The van der Waals surface area contributed by atoms with Crippen molar-refractivity contribution in [3.05, 3.63) is 17.5 Å². The van der Waals surface area contributed by atoms with Crippen LogP contribution in [0.25, 0.3) is 0 Å². The number of rotatable bonds is 4. The Morgan fingerprint density at radius 1 is 1.25 bits per heavy atom. The van der Waals surface area contributed by atoms with Crippen LogP contribution in [-0.2, 0) is 16.6 Å². The zero-order valence-electron chi connectivity index (χ0n) is 11.7. The molecular weight excluding hydrogens is 254 g/mol. The Morgan fingerprint density at radius 2 is 1.85 bits per heavy atom. The average molecular weight is 275 g/mol. The summed E-state index contributed by atoms with van der Waals surface area (Å²) in [6.07, 6.45) is 8.63. The first-order chi connectivity index (χ1) is 9.63. The van der Waals surface area contributed by atoms with Gasteiger partial charge in [-0.25, -0.2) is 0 Å². The first-order valence-electron chi connectivity index (χ1n) is 7.81. The van der Waals surface area contributed by atoms with Crippen LogP contribution in [0.15, 0.2) is 10.6 Å². The molecule has 4 nitrogen and oxygen atoms in total. The maximum Gasteiger partial charge on any atom is 0.303 e. The van der Waals surface area contributed by atoms with Gasteiger partial charge in [-0.1, -0.05) is 5.16 Å². The summed E-state index contributed by atoms with van der Waals surface area (Å²) in [5.74, 6) is 2.91. The van der Waals surface area contributed by atoms with Gasteiger partial charge in [0.25, 0.3) is 0 Å². The van der Waals surface area contributed by atoms with Crippen LogP contribution < -0.4 is 0 Å². The number of aliphatic carboxylic acids is 1. The predicted molar refractivity (Wildman–Crippen MR) is 72.3 cm³/mol. The zero-order valence-corrected chi connectivity index (χ0v) is 11.7. The lowest BCUT2D eigenvalue weighted by molar-refractivity contribution is -0.136. The summed E-state index contributed by atoms with van der Waals surface area (Å²) < 4.78 is 5.64. The summed E-state index contributed by atoms with van der Waals surface area (Å²) in [4.78, 5) is 10.6. The van der Waals surface area contributed by atoms with E-state index in [0.717, 1.165) is 29.2 Å². The molecule has 0 radical (unpaired) electrons. The lowest BCUT2D eigenvalue weighted by Crippen LogP contribution is -2.48. The van der Waals surface area contributed by atoms with Crippen molar-refractivity contribution in [3.63, 3.8) is 0 Å². The highest BCUT2D eigenvalue weighted by atomic mass is 16.5. The smallest absolute Gasteiger partial charge is 0.303 e. The van der Waals surface area contributed by atoms with Gasteiger partial charge in [-0.05, 0) is 56.3 Å². The topological polar surface area (TPSA) is 63.3 Å². The summed E-state index contributed by atoms with van der Waals surface area (Å²) >= 11 is 0. The minimum absolute atomic E-state index is 0.132. The average Bonchev–Trinajstić information content (AvgIpc) is 2.84. The third-order valence-electron chi connectivity index (χ3n) is 5.71. The maximum absolute atomic E-state index is 10.6. The fraction of sp³-hybridized carbons (Fsp3) is 0.750. The number of nitrogens with zero attached hydrogens (tertiary/aromatic N) is 1. The van der Waals surface area contributed by atoms with Crippen molar-refractivity contribution in [2.75, 3.05) is 0 Å². The van der Waals surface area contributed by atoms with Crippen LogP contribution >= 0.6 is 0 Å². The third-order valence-corrected chi connectivity index (χ3v) is 5.71. The Bertz CT molecular complexity index is 498. The molecular formula is C16H21NO3. The van der Waals surface area contributed by atoms with E-state index >= 15 is 0 Å². The summed E-state index contributed by atoms with van der Waals surface area (Å²) in [7, 11) is 0. The lowest BCUT2D eigenvalue weighted by Gasteiger charge is -2.55. The van der Waals surface area contributed by atoms with E-state index in [0.29, 0.717) is 6.42 Å². The van der Waals surface area contributed by atoms with Crippen molar-refractivity contribution >= 4 is 5.97 Å². The van der Waals surface area contributed by atoms with Gasteiger partial charge >= 0.3 is 5.97 Å². The van der Waals surface area contributed by atoms with E-state index < -0.39 is 5.97 Å². The van der Waals surface area contributed by atoms with Gasteiger partial charge < -0.3 is 9.63 Å². The molecule has 4 bridgehead atoms. The lowest BCUT2D eigenvalue weighted by atomic mass is 9.49. The molecule has 4 heteroatoms. The van der Waals surface area contributed by atoms with Crippen LogP contribution in [0.4, 0.5) is 0 Å². The monoisotopic (exact) mass is 275 g/mol. The van der Waals surface area contributed by atoms with Crippen LogP contribution in [0.3, 0.4) is 0 Å². The Hall–Kier alpha value is -1.32. The minimum Gasteiger partial charge on any atom is -0.481 e. The van der Waals surface area contributed by atoms with Gasteiger partial charge in [0.15, 0.2) is 0 Å². The predicted octanol–water partition coefficient (Wildman–Crippen LogP) is 3.16. The highest BCUT2D eigenvalue weighted by Crippen LogP contribution is 2.60. The molecule has 1 N–H and O–H groups in total. The molecule has 0 saturated heterocycles. The fourth-order valence-corrected chi connectivity index (χ4v) is 5.33. The molecule has 4 aliphatic carbocycles. The molecule has 0 aromatic carbocycles. The number of aromatic nitrogens is 1. The fourth-order valence-electron chi connectivity index (χ4n) is 5.33. The summed E-state index contributed by atoms with van der Waals surface area (Å²) in [5.41, 5.74) is 1.03. The number of carboxylic acids is 1. The minimum atomic E-state index is -0.774. The quantitative estimate of drug-likeness (QED) is 0.916. The van der Waals surface area contributed by atoms with Gasteiger partial charge in [-0.15, -0.1) is 0 Å². The highest BCUT2D eigenvalue weighted by molar-refractivity contribution is 5.66. The van der Waals surface area contributed by atoms with Crippen molar-refractivity contribution < 1.29 is 14.4 Å². The van der Waals surface area contributed by atoms with E-state index in [1.807, 2.05) is 6.07 Å². The Kier molecular flexibility index (Phi) is 2.69. The number of carbonyl (C=O) groups is 1. The van der Waals surface area contributed by atoms with E-state index in [-0.39, 0.29) is 11.8 Å². The molecule has 4 fully saturated rings. The van der Waals surface area contributed by atoms with E-state index in [9.17, 15) is 4.79 Å². The SMILES string of the molecule is O=C(O)CCc1cc(C23CC4CC(CC(C4)C2)C3)on1. The number of aryl methyl sites for hydroxylation is 1. The van der Waals surface area contributed by atoms with Gasteiger partial charge in [-0.3, -0.25) is 4.79 Å². The standard InChI is InChI=1S/C16H21NO3/c18-15(19)2-1-13-6-14(20-17-13)16-7-10-3-11(8-16)5-12(4-10)9-16/h6,10-12H,1-5,7-9H2,(H,18,19). The second kappa shape index (κ2) is 4.34. The maximum atomic E-state index is 10.6. The molecule has 1 aromatic rings. The summed E-state index contributed by atoms with van der Waals surface area (Å²) in [6.45, 7) is 0. The van der Waals surface area contributed by atoms with E-state index in [2.05, 4.69) is 5.16 Å². The van der Waals surface area contributed by atoms with E-state index in [1.54, 1.807) is 0 Å². The molecule has 0 aliphatic heterocycles. The Morgan fingerprint density at radius 3 is 2.40 bits per heavy atom. The van der Waals surface area contributed by atoms with Gasteiger partial charge in [0.1, 0.15) is 5.76 Å². The van der Waals surface area contributed by atoms with E-state index in [4.69, 9.17) is 9.63 Å².